The van der Waals surface area contributed by atoms with E-state index in [1.54, 1.807) is 7.11 Å². The number of ether oxygens (including phenoxy) is 4. The quantitative estimate of drug-likeness (QED) is 0.138. The van der Waals surface area contributed by atoms with E-state index in [0.717, 1.165) is 30.7 Å². The second kappa shape index (κ2) is 25.2. The normalized spacial score (nSPS) is 16.4. The molecule has 0 amide bonds. The number of likely N-dealkylation sites (N-methyl/N-ethyl adjacent to an activating group) is 1. The maximum absolute atomic E-state index is 5.45. The predicted octanol–water partition coefficient (Wildman–Crippen LogP) is 3.59. The van der Waals surface area contributed by atoms with E-state index in [1.165, 1.54) is 83.5 Å². The summed E-state index contributed by atoms with van der Waals surface area (Å²) in [5, 5.41) is 0. The third-order valence-electron chi connectivity index (χ3n) is 5.96. The van der Waals surface area contributed by atoms with E-state index in [4.69, 9.17) is 18.9 Å². The molecule has 1 aliphatic heterocycles. The van der Waals surface area contributed by atoms with Crippen molar-refractivity contribution in [2.45, 2.75) is 116 Å². The van der Waals surface area contributed by atoms with Gasteiger partial charge in [0.05, 0.1) is 47.1 Å². The Bertz CT molecular complexity index is 372. The number of hydrogen-bond acceptors (Lipinski definition) is 4. The first-order valence-corrected chi connectivity index (χ1v) is 13.6. The van der Waals surface area contributed by atoms with Crippen molar-refractivity contribution in [3.63, 3.8) is 0 Å². The van der Waals surface area contributed by atoms with Crippen LogP contribution in [0.3, 0.4) is 0 Å². The van der Waals surface area contributed by atoms with E-state index in [2.05, 4.69) is 28.1 Å². The standard InChI is InChI=1S/C16H32O.C11H26NO3.ClH/c1-2-3-4-5-6-7-8-9-10-11-12-13-16-14-15-17-16;1-6-11(13-5)15-10-9-14-8-7-12(2,3)4;/h16H,2-15H2,1H3;11H,6-10H2,1-5H3;1H/q;+1;/p-1. The Labute approximate surface area is 213 Å². The minimum Gasteiger partial charge on any atom is -1.00 e. The van der Waals surface area contributed by atoms with Gasteiger partial charge in [0.25, 0.3) is 0 Å². The second-order valence-corrected chi connectivity index (χ2v) is 10.2. The summed E-state index contributed by atoms with van der Waals surface area (Å²) in [6, 6.07) is 0. The van der Waals surface area contributed by atoms with Gasteiger partial charge < -0.3 is 35.8 Å². The molecular formula is C27H58ClNO4. The number of nitrogens with zero attached hydrogens (tertiary/aromatic N) is 1. The molecule has 0 aromatic carbocycles. The van der Waals surface area contributed by atoms with E-state index in [1.807, 2.05) is 6.92 Å². The van der Waals surface area contributed by atoms with Crippen molar-refractivity contribution < 1.29 is 35.8 Å². The molecule has 1 fully saturated rings. The van der Waals surface area contributed by atoms with Gasteiger partial charge in [0.1, 0.15) is 6.54 Å². The average molecular weight is 496 g/mol. The summed E-state index contributed by atoms with van der Waals surface area (Å²) in [6.07, 6.45) is 19.9. The van der Waals surface area contributed by atoms with Gasteiger partial charge in [-0.25, -0.2) is 0 Å². The van der Waals surface area contributed by atoms with Crippen LogP contribution in [-0.4, -0.2) is 78.1 Å². The summed E-state index contributed by atoms with van der Waals surface area (Å²) in [4.78, 5) is 0. The van der Waals surface area contributed by atoms with Crippen LogP contribution in [0, 0.1) is 0 Å². The van der Waals surface area contributed by atoms with Gasteiger partial charge in [0.15, 0.2) is 6.29 Å². The molecule has 0 N–H and O–H groups in total. The van der Waals surface area contributed by atoms with Crippen LogP contribution in [0.4, 0.5) is 0 Å². The molecule has 6 heteroatoms. The predicted molar refractivity (Wildman–Crippen MR) is 136 cm³/mol. The SMILES string of the molecule is CCC(OC)OCCOCC[N+](C)(C)C.CCCCCCCCCCCCCC1CCO1.[Cl-]. The Hall–Kier alpha value is 0.0900. The van der Waals surface area contributed by atoms with Gasteiger partial charge in [0.2, 0.25) is 0 Å². The molecule has 5 nitrogen and oxygen atoms in total. The molecule has 0 aliphatic carbocycles. The highest BCUT2D eigenvalue weighted by molar-refractivity contribution is 4.65. The fraction of sp³-hybridized carbons (Fsp3) is 1.00. The molecule has 1 saturated heterocycles. The van der Waals surface area contributed by atoms with Crippen molar-refractivity contribution in [3.05, 3.63) is 0 Å². The summed E-state index contributed by atoms with van der Waals surface area (Å²) < 4.78 is 22.3. The van der Waals surface area contributed by atoms with Crippen LogP contribution in [0.25, 0.3) is 0 Å². The number of unbranched alkanes of at least 4 members (excludes halogenated alkanes) is 10. The monoisotopic (exact) mass is 495 g/mol. The lowest BCUT2D eigenvalue weighted by Crippen LogP contribution is -3.00. The molecule has 0 aromatic heterocycles. The van der Waals surface area contributed by atoms with Gasteiger partial charge in [-0.15, -0.1) is 0 Å². The maximum Gasteiger partial charge on any atom is 0.157 e. The highest BCUT2D eigenvalue weighted by Gasteiger charge is 2.16. The van der Waals surface area contributed by atoms with Gasteiger partial charge in [-0.05, 0) is 19.3 Å². The molecule has 0 saturated carbocycles. The second-order valence-electron chi connectivity index (χ2n) is 10.2. The van der Waals surface area contributed by atoms with Crippen molar-refractivity contribution in [1.29, 1.82) is 0 Å². The number of rotatable bonds is 21. The molecule has 202 valence electrons. The molecule has 0 radical (unpaired) electrons. The van der Waals surface area contributed by atoms with Crippen molar-refractivity contribution >= 4 is 0 Å². The highest BCUT2D eigenvalue weighted by Crippen LogP contribution is 2.19. The lowest BCUT2D eigenvalue weighted by Gasteiger charge is -2.26. The first-order chi connectivity index (χ1) is 15.4. The number of hydrogen-bond donors (Lipinski definition) is 0. The Balaban J connectivity index is 0. The van der Waals surface area contributed by atoms with Crippen LogP contribution in [0.15, 0.2) is 0 Å². The van der Waals surface area contributed by atoms with Crippen LogP contribution in [-0.2, 0) is 18.9 Å². The number of methoxy groups -OCH3 is 1. The molecule has 0 aromatic rings. The first kappa shape index (κ1) is 35.3. The number of quaternary nitrogens is 1. The van der Waals surface area contributed by atoms with Gasteiger partial charge in [0, 0.05) is 13.7 Å². The van der Waals surface area contributed by atoms with Crippen LogP contribution in [0.5, 0.6) is 0 Å². The summed E-state index contributed by atoms with van der Waals surface area (Å²) >= 11 is 0. The van der Waals surface area contributed by atoms with Crippen molar-refractivity contribution in [2.75, 3.05) is 61.2 Å². The van der Waals surface area contributed by atoms with Gasteiger partial charge in [-0.1, -0.05) is 84.5 Å². The van der Waals surface area contributed by atoms with E-state index >= 15 is 0 Å². The van der Waals surface area contributed by atoms with Crippen molar-refractivity contribution in [2.24, 2.45) is 0 Å². The highest BCUT2D eigenvalue weighted by atomic mass is 35.5. The van der Waals surface area contributed by atoms with E-state index < -0.39 is 0 Å². The summed E-state index contributed by atoms with van der Waals surface area (Å²) in [5.74, 6) is 0. The van der Waals surface area contributed by atoms with E-state index in [-0.39, 0.29) is 18.7 Å². The van der Waals surface area contributed by atoms with Gasteiger partial charge in [-0.3, -0.25) is 0 Å². The lowest BCUT2D eigenvalue weighted by atomic mass is 10.0. The molecule has 0 bridgehead atoms. The van der Waals surface area contributed by atoms with Crippen molar-refractivity contribution in [3.8, 4) is 0 Å². The Kier molecular flexibility index (Phi) is 26.9. The molecule has 33 heavy (non-hydrogen) atoms. The zero-order chi connectivity index (χ0) is 23.9. The van der Waals surface area contributed by atoms with Crippen LogP contribution >= 0.6 is 0 Å². The van der Waals surface area contributed by atoms with Crippen LogP contribution in [0.2, 0.25) is 0 Å². The smallest absolute Gasteiger partial charge is 0.157 e. The first-order valence-electron chi connectivity index (χ1n) is 13.6. The Morgan fingerprint density at radius 1 is 0.818 bits per heavy atom. The third kappa shape index (κ3) is 26.5. The number of halogens is 1. The van der Waals surface area contributed by atoms with Gasteiger partial charge in [-0.2, -0.15) is 0 Å². The fourth-order valence-electron chi connectivity index (χ4n) is 3.58. The van der Waals surface area contributed by atoms with Crippen molar-refractivity contribution in [1.82, 2.24) is 0 Å². The molecular weight excluding hydrogens is 438 g/mol. The third-order valence-corrected chi connectivity index (χ3v) is 5.96. The molecule has 1 aliphatic rings. The minimum atomic E-state index is -0.0907. The Morgan fingerprint density at radius 3 is 1.79 bits per heavy atom. The molecule has 2 atom stereocenters. The lowest BCUT2D eigenvalue weighted by molar-refractivity contribution is -0.870. The van der Waals surface area contributed by atoms with Crippen LogP contribution in [0.1, 0.15) is 104 Å². The van der Waals surface area contributed by atoms with Crippen LogP contribution < -0.4 is 12.4 Å². The summed E-state index contributed by atoms with van der Waals surface area (Å²) in [7, 11) is 8.11. The minimum absolute atomic E-state index is 0. The maximum atomic E-state index is 5.45. The topological polar surface area (TPSA) is 36.9 Å². The average Bonchev–Trinajstić information content (AvgIpc) is 2.72. The Morgan fingerprint density at radius 2 is 1.36 bits per heavy atom. The summed E-state index contributed by atoms with van der Waals surface area (Å²) in [6.45, 7) is 8.37. The van der Waals surface area contributed by atoms with Gasteiger partial charge >= 0.3 is 0 Å². The van der Waals surface area contributed by atoms with E-state index in [9.17, 15) is 0 Å². The molecule has 1 rings (SSSR count). The fourth-order valence-corrected chi connectivity index (χ4v) is 3.58. The summed E-state index contributed by atoms with van der Waals surface area (Å²) in [5.41, 5.74) is 0. The molecule has 1 heterocycles. The zero-order valence-corrected chi connectivity index (χ0v) is 23.8. The molecule has 2 unspecified atom stereocenters. The molecule has 0 spiro atoms. The largest absolute Gasteiger partial charge is 1.00 e. The van der Waals surface area contributed by atoms with E-state index in [0.29, 0.717) is 19.3 Å². The zero-order valence-electron chi connectivity index (χ0n) is 23.0.